The lowest BCUT2D eigenvalue weighted by atomic mass is 9.96. The minimum Gasteiger partial charge on any atom is -0.339 e. The predicted molar refractivity (Wildman–Crippen MR) is 71.8 cm³/mol. The van der Waals surface area contributed by atoms with Crippen LogP contribution in [-0.4, -0.2) is 30.4 Å². The normalized spacial score (nSPS) is 16.9. The van der Waals surface area contributed by atoms with Crippen LogP contribution in [0.15, 0.2) is 22.7 Å². The van der Waals surface area contributed by atoms with Crippen LogP contribution in [0.1, 0.15) is 23.2 Å². The Morgan fingerprint density at radius 1 is 1.39 bits per heavy atom. The fourth-order valence-corrected chi connectivity index (χ4v) is 2.70. The Hall–Kier alpha value is -0.940. The summed E-state index contributed by atoms with van der Waals surface area (Å²) in [4.78, 5) is 14.0. The number of nitrogens with zero attached hydrogens (tertiary/aromatic N) is 1. The lowest BCUT2D eigenvalue weighted by Gasteiger charge is -2.31. The SMILES string of the molecule is NCC1CCN(C(=O)c2cc(F)cc(Br)c2)CC1. The first-order valence-electron chi connectivity index (χ1n) is 6.05. The van der Waals surface area contributed by atoms with E-state index in [2.05, 4.69) is 15.9 Å². The van der Waals surface area contributed by atoms with Crippen molar-refractivity contribution in [1.82, 2.24) is 4.90 Å². The van der Waals surface area contributed by atoms with Crippen LogP contribution in [-0.2, 0) is 0 Å². The first-order valence-corrected chi connectivity index (χ1v) is 6.85. The average Bonchev–Trinajstić information content (AvgIpc) is 2.37. The molecule has 2 rings (SSSR count). The Balaban J connectivity index is 2.07. The van der Waals surface area contributed by atoms with Crippen molar-refractivity contribution in [2.24, 2.45) is 11.7 Å². The highest BCUT2D eigenvalue weighted by Gasteiger charge is 2.23. The smallest absolute Gasteiger partial charge is 0.253 e. The van der Waals surface area contributed by atoms with Crippen molar-refractivity contribution in [3.05, 3.63) is 34.1 Å². The number of amides is 1. The Morgan fingerprint density at radius 2 is 2.06 bits per heavy atom. The van der Waals surface area contributed by atoms with Gasteiger partial charge in [-0.3, -0.25) is 4.79 Å². The minimum atomic E-state index is -0.399. The van der Waals surface area contributed by atoms with Crippen molar-refractivity contribution in [3.63, 3.8) is 0 Å². The standard InChI is InChI=1S/C13H16BrFN2O/c14-11-5-10(6-12(15)7-11)13(18)17-3-1-9(8-16)2-4-17/h5-7,9H,1-4,8,16H2. The van der Waals surface area contributed by atoms with Gasteiger partial charge in [0.15, 0.2) is 0 Å². The lowest BCUT2D eigenvalue weighted by molar-refractivity contribution is 0.0693. The summed E-state index contributed by atoms with van der Waals surface area (Å²) in [5, 5.41) is 0. The number of hydrogen-bond acceptors (Lipinski definition) is 2. The Kier molecular flexibility index (Phi) is 4.35. The maximum Gasteiger partial charge on any atom is 0.253 e. The van der Waals surface area contributed by atoms with Gasteiger partial charge in [0.05, 0.1) is 0 Å². The van der Waals surface area contributed by atoms with E-state index in [9.17, 15) is 9.18 Å². The lowest BCUT2D eigenvalue weighted by Crippen LogP contribution is -2.40. The summed E-state index contributed by atoms with van der Waals surface area (Å²) in [6, 6.07) is 4.28. The van der Waals surface area contributed by atoms with Crippen molar-refractivity contribution in [2.45, 2.75) is 12.8 Å². The number of hydrogen-bond donors (Lipinski definition) is 1. The molecule has 98 valence electrons. The number of halogens is 2. The van der Waals surface area contributed by atoms with E-state index in [0.29, 0.717) is 35.6 Å². The second-order valence-corrected chi connectivity index (χ2v) is 5.55. The highest BCUT2D eigenvalue weighted by atomic mass is 79.9. The monoisotopic (exact) mass is 314 g/mol. The van der Waals surface area contributed by atoms with E-state index in [1.807, 2.05) is 0 Å². The number of likely N-dealkylation sites (tertiary alicyclic amines) is 1. The third kappa shape index (κ3) is 3.09. The average molecular weight is 315 g/mol. The summed E-state index contributed by atoms with van der Waals surface area (Å²) in [6.07, 6.45) is 1.86. The van der Waals surface area contributed by atoms with Crippen LogP contribution in [0.2, 0.25) is 0 Å². The van der Waals surface area contributed by atoms with Crippen LogP contribution >= 0.6 is 15.9 Å². The summed E-state index contributed by atoms with van der Waals surface area (Å²) >= 11 is 3.20. The highest BCUT2D eigenvalue weighted by molar-refractivity contribution is 9.10. The first kappa shape index (κ1) is 13.5. The number of benzene rings is 1. The first-order chi connectivity index (χ1) is 8.60. The number of rotatable bonds is 2. The van der Waals surface area contributed by atoms with Crippen LogP contribution in [0.25, 0.3) is 0 Å². The van der Waals surface area contributed by atoms with Crippen molar-refractivity contribution in [2.75, 3.05) is 19.6 Å². The number of carbonyl (C=O) groups excluding carboxylic acids is 1. The van der Waals surface area contributed by atoms with E-state index in [1.165, 1.54) is 12.1 Å². The molecule has 0 unspecified atom stereocenters. The third-order valence-electron chi connectivity index (χ3n) is 3.34. The summed E-state index contributed by atoms with van der Waals surface area (Å²) in [5.74, 6) is 0.00327. The van der Waals surface area contributed by atoms with Gasteiger partial charge < -0.3 is 10.6 Å². The van der Waals surface area contributed by atoms with E-state index < -0.39 is 5.82 Å². The van der Waals surface area contributed by atoms with E-state index in [1.54, 1.807) is 11.0 Å². The molecule has 1 saturated heterocycles. The topological polar surface area (TPSA) is 46.3 Å². The van der Waals surface area contributed by atoms with E-state index in [4.69, 9.17) is 5.73 Å². The molecule has 0 saturated carbocycles. The molecule has 1 aromatic rings. The maximum atomic E-state index is 13.3. The van der Waals surface area contributed by atoms with Crippen LogP contribution in [0.4, 0.5) is 4.39 Å². The molecule has 0 atom stereocenters. The van der Waals surface area contributed by atoms with Gasteiger partial charge in [0.25, 0.3) is 5.91 Å². The molecule has 2 N–H and O–H groups in total. The third-order valence-corrected chi connectivity index (χ3v) is 3.80. The quantitative estimate of drug-likeness (QED) is 0.911. The fraction of sp³-hybridized carbons (Fsp3) is 0.462. The molecule has 0 aliphatic carbocycles. The van der Waals surface area contributed by atoms with Gasteiger partial charge in [-0.2, -0.15) is 0 Å². The summed E-state index contributed by atoms with van der Waals surface area (Å²) in [5.41, 5.74) is 6.01. The van der Waals surface area contributed by atoms with Gasteiger partial charge in [-0.25, -0.2) is 4.39 Å². The molecule has 0 spiro atoms. The van der Waals surface area contributed by atoms with E-state index in [-0.39, 0.29) is 5.91 Å². The second-order valence-electron chi connectivity index (χ2n) is 4.63. The van der Waals surface area contributed by atoms with Gasteiger partial charge in [-0.15, -0.1) is 0 Å². The highest BCUT2D eigenvalue weighted by Crippen LogP contribution is 2.20. The Labute approximate surface area is 114 Å². The van der Waals surface area contributed by atoms with Gasteiger partial charge in [-0.05, 0) is 43.5 Å². The molecule has 1 heterocycles. The summed E-state index contributed by atoms with van der Waals surface area (Å²) < 4.78 is 13.8. The van der Waals surface area contributed by atoms with Gasteiger partial charge in [0.1, 0.15) is 5.82 Å². The zero-order valence-electron chi connectivity index (χ0n) is 10.0. The van der Waals surface area contributed by atoms with Crippen molar-refractivity contribution >= 4 is 21.8 Å². The summed E-state index contributed by atoms with van der Waals surface area (Å²) in [6.45, 7) is 2.08. The van der Waals surface area contributed by atoms with Crippen LogP contribution in [0.3, 0.4) is 0 Å². The molecule has 0 radical (unpaired) electrons. The molecule has 0 aromatic heterocycles. The molecule has 1 aliphatic rings. The largest absolute Gasteiger partial charge is 0.339 e. The molecule has 18 heavy (non-hydrogen) atoms. The summed E-state index contributed by atoms with van der Waals surface area (Å²) in [7, 11) is 0. The Bertz CT molecular complexity index is 424. The molecule has 1 aliphatic heterocycles. The second kappa shape index (κ2) is 5.80. The van der Waals surface area contributed by atoms with E-state index >= 15 is 0 Å². The molecular weight excluding hydrogens is 299 g/mol. The van der Waals surface area contributed by atoms with Crippen LogP contribution in [0.5, 0.6) is 0 Å². The molecule has 1 amide bonds. The van der Waals surface area contributed by atoms with Crippen molar-refractivity contribution in [3.8, 4) is 0 Å². The molecule has 0 bridgehead atoms. The zero-order valence-corrected chi connectivity index (χ0v) is 11.6. The molecule has 3 nitrogen and oxygen atoms in total. The van der Waals surface area contributed by atoms with Gasteiger partial charge >= 0.3 is 0 Å². The van der Waals surface area contributed by atoms with Gasteiger partial charge in [-0.1, -0.05) is 15.9 Å². The number of carbonyl (C=O) groups is 1. The van der Waals surface area contributed by atoms with Gasteiger partial charge in [0, 0.05) is 23.1 Å². The van der Waals surface area contributed by atoms with Crippen LogP contribution < -0.4 is 5.73 Å². The van der Waals surface area contributed by atoms with Crippen molar-refractivity contribution < 1.29 is 9.18 Å². The minimum absolute atomic E-state index is 0.106. The molecular formula is C13H16BrFN2O. The van der Waals surface area contributed by atoms with Crippen molar-refractivity contribution in [1.29, 1.82) is 0 Å². The number of piperidine rings is 1. The number of nitrogens with two attached hydrogens (primary N) is 1. The Morgan fingerprint density at radius 3 is 2.61 bits per heavy atom. The van der Waals surface area contributed by atoms with E-state index in [0.717, 1.165) is 12.8 Å². The molecule has 1 fully saturated rings. The molecule has 1 aromatic carbocycles. The maximum absolute atomic E-state index is 13.3. The van der Waals surface area contributed by atoms with Gasteiger partial charge in [0.2, 0.25) is 0 Å². The molecule has 5 heteroatoms. The predicted octanol–water partition coefficient (Wildman–Crippen LogP) is 2.40. The van der Waals surface area contributed by atoms with Crippen LogP contribution in [0, 0.1) is 11.7 Å². The fourth-order valence-electron chi connectivity index (χ4n) is 2.23. The zero-order chi connectivity index (χ0) is 13.1.